The van der Waals surface area contributed by atoms with E-state index in [-0.39, 0.29) is 12.3 Å². The molecule has 122 valence electrons. The van der Waals surface area contributed by atoms with Crippen LogP contribution in [-0.2, 0) is 11.2 Å². The molecule has 1 fully saturated rings. The molecule has 1 amide bonds. The van der Waals surface area contributed by atoms with Gasteiger partial charge in [-0.05, 0) is 25.0 Å². The number of carbonyl (C=O) groups is 1. The summed E-state index contributed by atoms with van der Waals surface area (Å²) in [5.74, 6) is -0.00615. The molecule has 0 saturated heterocycles. The van der Waals surface area contributed by atoms with Crippen molar-refractivity contribution in [2.75, 3.05) is 13.6 Å². The van der Waals surface area contributed by atoms with E-state index >= 15 is 0 Å². The van der Waals surface area contributed by atoms with Crippen LogP contribution < -0.4 is 0 Å². The first kappa shape index (κ1) is 16.1. The Morgan fingerprint density at radius 3 is 2.91 bits per heavy atom. The van der Waals surface area contributed by atoms with Crippen LogP contribution >= 0.6 is 11.3 Å². The molecule has 1 saturated carbocycles. The predicted molar refractivity (Wildman–Crippen MR) is 90.1 cm³/mol. The maximum absolute atomic E-state index is 12.4. The number of carbonyl (C=O) groups excluding carboxylic acids is 1. The van der Waals surface area contributed by atoms with Crippen molar-refractivity contribution in [1.29, 1.82) is 0 Å². The molecular formula is C17H21N3O2S. The van der Waals surface area contributed by atoms with Crippen LogP contribution in [0, 0.1) is 0 Å². The molecule has 1 aliphatic rings. The zero-order valence-corrected chi connectivity index (χ0v) is 14.1. The second kappa shape index (κ2) is 6.76. The molecule has 2 aromatic rings. The summed E-state index contributed by atoms with van der Waals surface area (Å²) in [7, 11) is 1.76. The SMILES string of the molecule is CN(CC1(O)CCCC1)C(=O)Cc1csc(-c2cccnc2)n1. The molecule has 3 rings (SSSR count). The maximum Gasteiger partial charge on any atom is 0.228 e. The van der Waals surface area contributed by atoms with Gasteiger partial charge in [0.25, 0.3) is 0 Å². The lowest BCUT2D eigenvalue weighted by atomic mass is 10.0. The Morgan fingerprint density at radius 2 is 2.22 bits per heavy atom. The van der Waals surface area contributed by atoms with Gasteiger partial charge in [0.2, 0.25) is 5.91 Å². The summed E-state index contributed by atoms with van der Waals surface area (Å²) in [6.45, 7) is 0.408. The van der Waals surface area contributed by atoms with Gasteiger partial charge in [0.15, 0.2) is 0 Å². The van der Waals surface area contributed by atoms with Crippen molar-refractivity contribution in [2.24, 2.45) is 0 Å². The number of nitrogens with zero attached hydrogens (tertiary/aromatic N) is 3. The number of aliphatic hydroxyl groups is 1. The normalized spacial score (nSPS) is 16.4. The summed E-state index contributed by atoms with van der Waals surface area (Å²) in [6.07, 6.45) is 7.41. The Kier molecular flexibility index (Phi) is 4.73. The van der Waals surface area contributed by atoms with Gasteiger partial charge in [0, 0.05) is 36.9 Å². The van der Waals surface area contributed by atoms with E-state index in [1.54, 1.807) is 24.3 Å². The molecule has 0 spiro atoms. The molecule has 2 heterocycles. The summed E-state index contributed by atoms with van der Waals surface area (Å²) in [4.78, 5) is 22.6. The van der Waals surface area contributed by atoms with Crippen LogP contribution in [0.3, 0.4) is 0 Å². The lowest BCUT2D eigenvalue weighted by Gasteiger charge is -2.28. The van der Waals surface area contributed by atoms with Crippen LogP contribution in [0.15, 0.2) is 29.9 Å². The molecule has 0 unspecified atom stereocenters. The summed E-state index contributed by atoms with van der Waals surface area (Å²) >= 11 is 1.52. The molecule has 0 bridgehead atoms. The van der Waals surface area contributed by atoms with E-state index in [2.05, 4.69) is 9.97 Å². The highest BCUT2D eigenvalue weighted by Crippen LogP contribution is 2.30. The van der Waals surface area contributed by atoms with Crippen molar-refractivity contribution in [3.05, 3.63) is 35.6 Å². The Morgan fingerprint density at radius 1 is 1.43 bits per heavy atom. The third kappa shape index (κ3) is 3.95. The van der Waals surface area contributed by atoms with Gasteiger partial charge >= 0.3 is 0 Å². The standard InChI is InChI=1S/C17H21N3O2S/c1-20(12-17(22)6-2-3-7-17)15(21)9-14-11-23-16(19-14)13-5-4-8-18-10-13/h4-5,8,10-11,22H,2-3,6-7,9,12H2,1H3. The molecule has 5 nitrogen and oxygen atoms in total. The van der Waals surface area contributed by atoms with E-state index in [9.17, 15) is 9.90 Å². The number of rotatable bonds is 5. The van der Waals surface area contributed by atoms with Crippen molar-refractivity contribution >= 4 is 17.2 Å². The van der Waals surface area contributed by atoms with Crippen LogP contribution in [0.5, 0.6) is 0 Å². The van der Waals surface area contributed by atoms with E-state index in [0.29, 0.717) is 6.54 Å². The fourth-order valence-corrected chi connectivity index (χ4v) is 3.83. The number of amides is 1. The summed E-state index contributed by atoms with van der Waals surface area (Å²) < 4.78 is 0. The summed E-state index contributed by atoms with van der Waals surface area (Å²) in [5, 5.41) is 13.2. The Bertz CT molecular complexity index is 665. The zero-order valence-electron chi connectivity index (χ0n) is 13.2. The molecule has 0 radical (unpaired) electrons. The highest BCUT2D eigenvalue weighted by Gasteiger charge is 2.33. The smallest absolute Gasteiger partial charge is 0.228 e. The van der Waals surface area contributed by atoms with E-state index in [0.717, 1.165) is 41.9 Å². The Labute approximate surface area is 140 Å². The third-order valence-electron chi connectivity index (χ3n) is 4.28. The van der Waals surface area contributed by atoms with Crippen molar-refractivity contribution < 1.29 is 9.90 Å². The van der Waals surface area contributed by atoms with Gasteiger partial charge < -0.3 is 10.0 Å². The highest BCUT2D eigenvalue weighted by molar-refractivity contribution is 7.13. The van der Waals surface area contributed by atoms with Crippen molar-refractivity contribution in [2.45, 2.75) is 37.7 Å². The van der Waals surface area contributed by atoms with Gasteiger partial charge in [-0.3, -0.25) is 9.78 Å². The van der Waals surface area contributed by atoms with E-state index in [1.165, 1.54) is 11.3 Å². The molecule has 1 N–H and O–H groups in total. The molecule has 23 heavy (non-hydrogen) atoms. The minimum atomic E-state index is -0.701. The number of hydrogen-bond donors (Lipinski definition) is 1. The van der Waals surface area contributed by atoms with Crippen LogP contribution in [0.25, 0.3) is 10.6 Å². The Hall–Kier alpha value is -1.79. The number of likely N-dealkylation sites (N-methyl/N-ethyl adjacent to an activating group) is 1. The first-order chi connectivity index (χ1) is 11.1. The molecule has 0 atom stereocenters. The zero-order chi connectivity index (χ0) is 16.3. The largest absolute Gasteiger partial charge is 0.388 e. The maximum atomic E-state index is 12.4. The molecule has 6 heteroatoms. The van der Waals surface area contributed by atoms with E-state index in [1.807, 2.05) is 17.5 Å². The van der Waals surface area contributed by atoms with Crippen molar-refractivity contribution in [3.63, 3.8) is 0 Å². The second-order valence-electron chi connectivity index (χ2n) is 6.24. The predicted octanol–water partition coefficient (Wildman–Crippen LogP) is 2.51. The molecule has 0 aliphatic heterocycles. The first-order valence-electron chi connectivity index (χ1n) is 7.87. The van der Waals surface area contributed by atoms with E-state index < -0.39 is 5.60 Å². The number of thiazole rings is 1. The Balaban J connectivity index is 1.61. The summed E-state index contributed by atoms with van der Waals surface area (Å²) in [5.41, 5.74) is 1.03. The van der Waals surface area contributed by atoms with Gasteiger partial charge in [-0.15, -0.1) is 11.3 Å². The van der Waals surface area contributed by atoms with Gasteiger partial charge in [-0.2, -0.15) is 0 Å². The van der Waals surface area contributed by atoms with Gasteiger partial charge in [-0.1, -0.05) is 12.8 Å². The quantitative estimate of drug-likeness (QED) is 0.914. The fourth-order valence-electron chi connectivity index (χ4n) is 3.02. The number of aromatic nitrogens is 2. The number of hydrogen-bond acceptors (Lipinski definition) is 5. The van der Waals surface area contributed by atoms with Crippen LogP contribution in [-0.4, -0.2) is 45.1 Å². The lowest BCUT2D eigenvalue weighted by Crippen LogP contribution is -2.42. The molecule has 2 aromatic heterocycles. The monoisotopic (exact) mass is 331 g/mol. The number of pyridine rings is 1. The average molecular weight is 331 g/mol. The molecule has 1 aliphatic carbocycles. The minimum Gasteiger partial charge on any atom is -0.388 e. The average Bonchev–Trinajstić information content (AvgIpc) is 3.17. The van der Waals surface area contributed by atoms with Gasteiger partial charge in [0.05, 0.1) is 17.7 Å². The van der Waals surface area contributed by atoms with Crippen LogP contribution in [0.1, 0.15) is 31.4 Å². The third-order valence-corrected chi connectivity index (χ3v) is 5.22. The fraction of sp³-hybridized carbons (Fsp3) is 0.471. The lowest BCUT2D eigenvalue weighted by molar-refractivity contribution is -0.132. The minimum absolute atomic E-state index is 0.00615. The van der Waals surface area contributed by atoms with Crippen molar-refractivity contribution in [1.82, 2.24) is 14.9 Å². The van der Waals surface area contributed by atoms with Crippen LogP contribution in [0.2, 0.25) is 0 Å². The molecule has 0 aromatic carbocycles. The topological polar surface area (TPSA) is 66.3 Å². The van der Waals surface area contributed by atoms with Crippen molar-refractivity contribution in [3.8, 4) is 10.6 Å². The van der Waals surface area contributed by atoms with Gasteiger partial charge in [0.1, 0.15) is 5.01 Å². The van der Waals surface area contributed by atoms with E-state index in [4.69, 9.17) is 0 Å². The molecular weight excluding hydrogens is 310 g/mol. The highest BCUT2D eigenvalue weighted by atomic mass is 32.1. The summed E-state index contributed by atoms with van der Waals surface area (Å²) in [6, 6.07) is 3.83. The van der Waals surface area contributed by atoms with Crippen LogP contribution in [0.4, 0.5) is 0 Å². The van der Waals surface area contributed by atoms with Gasteiger partial charge in [-0.25, -0.2) is 4.98 Å². The first-order valence-corrected chi connectivity index (χ1v) is 8.75. The second-order valence-corrected chi connectivity index (χ2v) is 7.10.